The van der Waals surface area contributed by atoms with Gasteiger partial charge in [-0.3, -0.25) is 4.79 Å². The smallest absolute Gasteiger partial charge is 0.410 e. The van der Waals surface area contributed by atoms with Crippen molar-refractivity contribution in [1.82, 2.24) is 9.88 Å². The van der Waals surface area contributed by atoms with Crippen LogP contribution in [0.15, 0.2) is 0 Å². The quantitative estimate of drug-likeness (QED) is 0.891. The summed E-state index contributed by atoms with van der Waals surface area (Å²) in [5.41, 5.74) is 5.40. The van der Waals surface area contributed by atoms with Crippen molar-refractivity contribution in [3.63, 3.8) is 0 Å². The maximum atomic E-state index is 11.9. The normalized spacial score (nSPS) is 11.2. The van der Waals surface area contributed by atoms with Crippen LogP contribution in [0.5, 0.6) is 0 Å². The lowest BCUT2D eigenvalue weighted by Crippen LogP contribution is -2.38. The Hall–Kier alpha value is -1.83. The lowest BCUT2D eigenvalue weighted by atomic mass is 10.2. The minimum Gasteiger partial charge on any atom is -0.444 e. The van der Waals surface area contributed by atoms with E-state index in [9.17, 15) is 9.59 Å². The first-order valence-corrected chi connectivity index (χ1v) is 7.75. The molecule has 0 radical (unpaired) electrons. The Kier molecular flexibility index (Phi) is 5.76. The predicted octanol–water partition coefficient (Wildman–Crippen LogP) is 1.85. The Balaban J connectivity index is 2.59. The van der Waals surface area contributed by atoms with E-state index < -0.39 is 11.5 Å². The van der Waals surface area contributed by atoms with Crippen molar-refractivity contribution < 1.29 is 14.3 Å². The first kappa shape index (κ1) is 18.2. The van der Waals surface area contributed by atoms with Gasteiger partial charge >= 0.3 is 6.09 Å². The first-order chi connectivity index (χ1) is 10.0. The van der Waals surface area contributed by atoms with E-state index in [4.69, 9.17) is 10.5 Å². The molecule has 0 saturated carbocycles. The van der Waals surface area contributed by atoms with Crippen molar-refractivity contribution in [2.45, 2.75) is 33.3 Å². The van der Waals surface area contributed by atoms with Gasteiger partial charge in [-0.25, -0.2) is 9.78 Å². The average Bonchev–Trinajstić information content (AvgIpc) is 2.75. The van der Waals surface area contributed by atoms with Crippen molar-refractivity contribution in [2.24, 2.45) is 5.73 Å². The number of primary amides is 1. The summed E-state index contributed by atoms with van der Waals surface area (Å²) >= 11 is 1.25. The zero-order valence-electron chi connectivity index (χ0n) is 14.0. The fourth-order valence-electron chi connectivity index (χ4n) is 1.60. The molecule has 2 amide bonds. The zero-order valence-corrected chi connectivity index (χ0v) is 14.8. The van der Waals surface area contributed by atoms with E-state index in [2.05, 4.69) is 4.98 Å². The molecular formula is C14H24N4O3S. The molecule has 1 aromatic heterocycles. The molecule has 124 valence electrons. The van der Waals surface area contributed by atoms with E-state index in [1.165, 1.54) is 16.2 Å². The summed E-state index contributed by atoms with van der Waals surface area (Å²) in [4.78, 5) is 31.3. The molecule has 1 rings (SSSR count). The molecule has 0 aliphatic heterocycles. The second-order valence-electron chi connectivity index (χ2n) is 6.10. The maximum absolute atomic E-state index is 11.9. The van der Waals surface area contributed by atoms with Gasteiger partial charge in [0.1, 0.15) is 10.5 Å². The zero-order chi connectivity index (χ0) is 17.1. The van der Waals surface area contributed by atoms with E-state index in [1.807, 2.05) is 32.7 Å². The average molecular weight is 328 g/mol. The first-order valence-electron chi connectivity index (χ1n) is 6.93. The molecule has 0 atom stereocenters. The molecule has 8 heteroatoms. The number of carbonyl (C=O) groups is 2. The molecule has 0 bridgehead atoms. The fourth-order valence-corrected chi connectivity index (χ4v) is 2.51. The van der Waals surface area contributed by atoms with Crippen molar-refractivity contribution in [3.8, 4) is 0 Å². The molecular weight excluding hydrogens is 304 g/mol. The summed E-state index contributed by atoms with van der Waals surface area (Å²) in [7, 11) is 3.54. The van der Waals surface area contributed by atoms with Gasteiger partial charge in [-0.15, -0.1) is 0 Å². The predicted molar refractivity (Wildman–Crippen MR) is 87.5 cm³/mol. The minimum atomic E-state index is -0.514. The van der Waals surface area contributed by atoms with Crippen LogP contribution in [0.25, 0.3) is 0 Å². The van der Waals surface area contributed by atoms with Crippen LogP contribution in [0.4, 0.5) is 9.93 Å². The third-order valence-electron chi connectivity index (χ3n) is 2.81. The van der Waals surface area contributed by atoms with Crippen molar-refractivity contribution in [2.75, 3.05) is 32.1 Å². The third-order valence-corrected chi connectivity index (χ3v) is 4.10. The van der Waals surface area contributed by atoms with Gasteiger partial charge in [-0.2, -0.15) is 0 Å². The van der Waals surface area contributed by atoms with E-state index >= 15 is 0 Å². The molecule has 22 heavy (non-hydrogen) atoms. The van der Waals surface area contributed by atoms with Crippen LogP contribution in [0, 0.1) is 6.92 Å². The molecule has 2 N–H and O–H groups in total. The number of likely N-dealkylation sites (N-methyl/N-ethyl adjacent to an activating group) is 2. The van der Waals surface area contributed by atoms with Crippen molar-refractivity contribution in [1.29, 1.82) is 0 Å². The topological polar surface area (TPSA) is 88.8 Å². The Morgan fingerprint density at radius 1 is 1.27 bits per heavy atom. The lowest BCUT2D eigenvalue weighted by Gasteiger charge is -2.26. The number of nitrogens with two attached hydrogens (primary N) is 1. The standard InChI is InChI=1S/C14H24N4O3S/c1-9-10(11(15)19)22-12(16-9)17(5)7-8-18(6)13(20)21-14(2,3)4/h7-8H2,1-6H3,(H2,15,19). The fraction of sp³-hybridized carbons (Fsp3) is 0.643. The Labute approximate surface area is 135 Å². The molecule has 0 aliphatic rings. The maximum Gasteiger partial charge on any atom is 0.410 e. The number of aryl methyl sites for hydroxylation is 1. The number of rotatable bonds is 5. The summed E-state index contributed by atoms with van der Waals surface area (Å²) < 4.78 is 5.29. The summed E-state index contributed by atoms with van der Waals surface area (Å²) in [6.07, 6.45) is -0.367. The second kappa shape index (κ2) is 6.95. The van der Waals surface area contributed by atoms with Crippen LogP contribution >= 0.6 is 11.3 Å². The largest absolute Gasteiger partial charge is 0.444 e. The molecule has 0 saturated heterocycles. The number of carbonyl (C=O) groups excluding carboxylic acids is 2. The number of aromatic nitrogens is 1. The number of ether oxygens (including phenoxy) is 1. The monoisotopic (exact) mass is 328 g/mol. The highest BCUT2D eigenvalue weighted by molar-refractivity contribution is 7.17. The van der Waals surface area contributed by atoms with Gasteiger partial charge in [0, 0.05) is 27.2 Å². The van der Waals surface area contributed by atoms with Crippen LogP contribution in [-0.2, 0) is 4.74 Å². The number of hydrogen-bond donors (Lipinski definition) is 1. The van der Waals surface area contributed by atoms with Crippen LogP contribution < -0.4 is 10.6 Å². The summed E-state index contributed by atoms with van der Waals surface area (Å²) in [6.45, 7) is 8.29. The Morgan fingerprint density at radius 3 is 2.32 bits per heavy atom. The molecule has 0 spiro atoms. The van der Waals surface area contributed by atoms with Gasteiger partial charge in [0.05, 0.1) is 5.69 Å². The summed E-state index contributed by atoms with van der Waals surface area (Å²) in [5, 5.41) is 0.698. The molecule has 0 aromatic carbocycles. The Morgan fingerprint density at radius 2 is 1.86 bits per heavy atom. The van der Waals surface area contributed by atoms with Crippen LogP contribution in [0.3, 0.4) is 0 Å². The molecule has 1 aromatic rings. The number of hydrogen-bond acceptors (Lipinski definition) is 6. The highest BCUT2D eigenvalue weighted by Gasteiger charge is 2.20. The van der Waals surface area contributed by atoms with Crippen LogP contribution in [0.2, 0.25) is 0 Å². The molecule has 0 aliphatic carbocycles. The molecule has 1 heterocycles. The van der Waals surface area contributed by atoms with Crippen LogP contribution in [-0.4, -0.2) is 54.7 Å². The SMILES string of the molecule is Cc1nc(N(C)CCN(C)C(=O)OC(C)(C)C)sc1C(N)=O. The number of amides is 2. The van der Waals surface area contributed by atoms with Crippen molar-refractivity contribution in [3.05, 3.63) is 10.6 Å². The summed E-state index contributed by atoms with van der Waals surface area (Å²) in [6, 6.07) is 0. The molecule has 0 fully saturated rings. The number of anilines is 1. The van der Waals surface area contributed by atoms with Crippen LogP contribution in [0.1, 0.15) is 36.1 Å². The second-order valence-corrected chi connectivity index (χ2v) is 7.08. The number of thiazole rings is 1. The van der Waals surface area contributed by atoms with E-state index in [1.54, 1.807) is 14.0 Å². The van der Waals surface area contributed by atoms with E-state index in [0.717, 1.165) is 0 Å². The van der Waals surface area contributed by atoms with E-state index in [-0.39, 0.29) is 6.09 Å². The van der Waals surface area contributed by atoms with Gasteiger partial charge in [0.25, 0.3) is 5.91 Å². The third kappa shape index (κ3) is 5.18. The van der Waals surface area contributed by atoms with Gasteiger partial charge in [-0.1, -0.05) is 11.3 Å². The van der Waals surface area contributed by atoms with Gasteiger partial charge < -0.3 is 20.3 Å². The highest BCUT2D eigenvalue weighted by Crippen LogP contribution is 2.24. The lowest BCUT2D eigenvalue weighted by molar-refractivity contribution is 0.0303. The minimum absolute atomic E-state index is 0.367. The Bertz CT molecular complexity index is 551. The molecule has 0 unspecified atom stereocenters. The van der Waals surface area contributed by atoms with E-state index in [0.29, 0.717) is 28.8 Å². The number of nitrogens with zero attached hydrogens (tertiary/aromatic N) is 3. The van der Waals surface area contributed by atoms with Crippen molar-refractivity contribution >= 4 is 28.5 Å². The van der Waals surface area contributed by atoms with Gasteiger partial charge in [0.15, 0.2) is 5.13 Å². The summed E-state index contributed by atoms with van der Waals surface area (Å²) in [5.74, 6) is -0.472. The highest BCUT2D eigenvalue weighted by atomic mass is 32.1. The van der Waals surface area contributed by atoms with Gasteiger partial charge in [0.2, 0.25) is 0 Å². The van der Waals surface area contributed by atoms with Gasteiger partial charge in [-0.05, 0) is 27.7 Å². The molecule has 7 nitrogen and oxygen atoms in total.